The number of rotatable bonds is 7. The van der Waals surface area contributed by atoms with Crippen LogP contribution in [0.5, 0.6) is 0 Å². The van der Waals surface area contributed by atoms with Crippen LogP contribution in [0, 0.1) is 0 Å². The fourth-order valence-corrected chi connectivity index (χ4v) is 6.72. The molecule has 5 heteroatoms. The molecule has 0 saturated carbocycles. The number of hydrogen-bond donors (Lipinski definition) is 0. The van der Waals surface area contributed by atoms with Crippen LogP contribution < -0.4 is 0 Å². The van der Waals surface area contributed by atoms with E-state index in [1.165, 1.54) is 0 Å². The Hall–Kier alpha value is -7.11. The Bertz CT molecular complexity index is 2550. The minimum Gasteiger partial charge on any atom is -0.256 e. The van der Waals surface area contributed by atoms with Crippen molar-refractivity contribution in [1.82, 2.24) is 24.9 Å². The van der Waals surface area contributed by atoms with Gasteiger partial charge in [0.05, 0.1) is 11.4 Å². The van der Waals surface area contributed by atoms with Crippen LogP contribution in [0.1, 0.15) is 0 Å². The molecule has 5 nitrogen and oxygen atoms in total. The predicted octanol–water partition coefficient (Wildman–Crippen LogP) is 11.5. The van der Waals surface area contributed by atoms with Crippen molar-refractivity contribution in [2.45, 2.75) is 0 Å². The SMILES string of the molecule is c1ccc(-c2nc(-c3ccccc3)nc(-c3cccc(-c4c(-c5cc(-c6ccccn6)cc(-c6ccccn6)c5)ccc5ccccc45)c3)n2)cc1. The Morgan fingerprint density at radius 1 is 0.308 bits per heavy atom. The highest BCUT2D eigenvalue weighted by Gasteiger charge is 2.17. The highest BCUT2D eigenvalue weighted by atomic mass is 15.0. The summed E-state index contributed by atoms with van der Waals surface area (Å²) in [6.07, 6.45) is 3.67. The van der Waals surface area contributed by atoms with Crippen LogP contribution in [0.3, 0.4) is 0 Å². The molecule has 0 N–H and O–H groups in total. The van der Waals surface area contributed by atoms with E-state index in [0.29, 0.717) is 17.5 Å². The Morgan fingerprint density at radius 3 is 1.38 bits per heavy atom. The molecule has 52 heavy (non-hydrogen) atoms. The maximum Gasteiger partial charge on any atom is 0.164 e. The van der Waals surface area contributed by atoms with Crippen molar-refractivity contribution in [2.75, 3.05) is 0 Å². The molecule has 3 aromatic heterocycles. The second kappa shape index (κ2) is 13.7. The van der Waals surface area contributed by atoms with Crippen molar-refractivity contribution < 1.29 is 0 Å². The normalized spacial score (nSPS) is 11.1. The summed E-state index contributed by atoms with van der Waals surface area (Å²) >= 11 is 0. The molecule has 244 valence electrons. The molecule has 0 saturated heterocycles. The van der Waals surface area contributed by atoms with Gasteiger partial charge in [-0.25, -0.2) is 15.0 Å². The van der Waals surface area contributed by atoms with E-state index in [1.807, 2.05) is 109 Å². The molecular formula is C47H31N5. The molecule has 0 amide bonds. The predicted molar refractivity (Wildman–Crippen MR) is 211 cm³/mol. The summed E-state index contributed by atoms with van der Waals surface area (Å²) in [5, 5.41) is 2.32. The maximum atomic E-state index is 5.03. The molecule has 0 aliphatic rings. The van der Waals surface area contributed by atoms with Crippen molar-refractivity contribution in [3.8, 4) is 78.9 Å². The number of pyridine rings is 2. The van der Waals surface area contributed by atoms with Crippen molar-refractivity contribution in [3.05, 3.63) is 188 Å². The van der Waals surface area contributed by atoms with Gasteiger partial charge >= 0.3 is 0 Å². The van der Waals surface area contributed by atoms with Crippen LogP contribution in [-0.2, 0) is 0 Å². The van der Waals surface area contributed by atoms with Gasteiger partial charge in [0.15, 0.2) is 17.5 Å². The number of fused-ring (bicyclic) bond motifs is 1. The minimum atomic E-state index is 0.617. The van der Waals surface area contributed by atoms with E-state index >= 15 is 0 Å². The molecule has 0 aliphatic carbocycles. The van der Waals surface area contributed by atoms with E-state index in [4.69, 9.17) is 24.9 Å². The van der Waals surface area contributed by atoms with Gasteiger partial charge in [-0.1, -0.05) is 127 Å². The van der Waals surface area contributed by atoms with E-state index < -0.39 is 0 Å². The average Bonchev–Trinajstić information content (AvgIpc) is 3.24. The Kier molecular flexibility index (Phi) is 8.12. The van der Waals surface area contributed by atoms with E-state index in [9.17, 15) is 0 Å². The monoisotopic (exact) mass is 665 g/mol. The van der Waals surface area contributed by atoms with Gasteiger partial charge < -0.3 is 0 Å². The number of aromatic nitrogens is 5. The van der Waals surface area contributed by atoms with Crippen molar-refractivity contribution in [1.29, 1.82) is 0 Å². The summed E-state index contributed by atoms with van der Waals surface area (Å²) in [7, 11) is 0. The Labute approximate surface area is 302 Å². The topological polar surface area (TPSA) is 64.5 Å². The molecule has 0 aliphatic heterocycles. The van der Waals surface area contributed by atoms with Gasteiger partial charge in [-0.15, -0.1) is 0 Å². The van der Waals surface area contributed by atoms with Crippen LogP contribution >= 0.6 is 0 Å². The first kappa shape index (κ1) is 30.9. The van der Waals surface area contributed by atoms with Gasteiger partial charge in [0, 0.05) is 40.2 Å². The largest absolute Gasteiger partial charge is 0.256 e. The molecule has 3 heterocycles. The highest BCUT2D eigenvalue weighted by Crippen LogP contribution is 2.41. The lowest BCUT2D eigenvalue weighted by atomic mass is 9.87. The molecule has 0 bridgehead atoms. The smallest absolute Gasteiger partial charge is 0.164 e. The van der Waals surface area contributed by atoms with Crippen molar-refractivity contribution in [3.63, 3.8) is 0 Å². The lowest BCUT2D eigenvalue weighted by molar-refractivity contribution is 1.07. The lowest BCUT2D eigenvalue weighted by Crippen LogP contribution is -2.00. The molecule has 0 radical (unpaired) electrons. The molecule has 6 aromatic carbocycles. The first-order valence-electron chi connectivity index (χ1n) is 17.2. The summed E-state index contributed by atoms with van der Waals surface area (Å²) in [5.41, 5.74) is 11.0. The Morgan fingerprint density at radius 2 is 0.788 bits per heavy atom. The summed E-state index contributed by atoms with van der Waals surface area (Å²) in [6.45, 7) is 0. The summed E-state index contributed by atoms with van der Waals surface area (Å²) in [6, 6.07) is 60.4. The number of hydrogen-bond acceptors (Lipinski definition) is 5. The van der Waals surface area contributed by atoms with E-state index in [1.54, 1.807) is 0 Å². The van der Waals surface area contributed by atoms with Gasteiger partial charge in [-0.05, 0) is 81.6 Å². The molecular weight excluding hydrogens is 635 g/mol. The first-order valence-corrected chi connectivity index (χ1v) is 17.2. The zero-order valence-electron chi connectivity index (χ0n) is 28.1. The van der Waals surface area contributed by atoms with E-state index in [2.05, 4.69) is 78.9 Å². The van der Waals surface area contributed by atoms with Crippen LogP contribution in [0.15, 0.2) is 188 Å². The van der Waals surface area contributed by atoms with Crippen molar-refractivity contribution >= 4 is 10.8 Å². The van der Waals surface area contributed by atoms with Crippen molar-refractivity contribution in [2.24, 2.45) is 0 Å². The fraction of sp³-hybridized carbons (Fsp3) is 0. The first-order chi connectivity index (χ1) is 25.8. The molecule has 9 rings (SSSR count). The second-order valence-corrected chi connectivity index (χ2v) is 12.6. The zero-order valence-corrected chi connectivity index (χ0v) is 28.1. The van der Waals surface area contributed by atoms with Gasteiger partial charge in [0.25, 0.3) is 0 Å². The van der Waals surface area contributed by atoms with Crippen LogP contribution in [0.4, 0.5) is 0 Å². The van der Waals surface area contributed by atoms with Gasteiger partial charge in [-0.2, -0.15) is 0 Å². The van der Waals surface area contributed by atoms with Crippen LogP contribution in [0.2, 0.25) is 0 Å². The van der Waals surface area contributed by atoms with Crippen LogP contribution in [0.25, 0.3) is 89.7 Å². The molecule has 0 atom stereocenters. The highest BCUT2D eigenvalue weighted by molar-refractivity contribution is 6.05. The lowest BCUT2D eigenvalue weighted by Gasteiger charge is -2.17. The zero-order chi connectivity index (χ0) is 34.7. The summed E-state index contributed by atoms with van der Waals surface area (Å²) in [4.78, 5) is 24.4. The third-order valence-corrected chi connectivity index (χ3v) is 9.20. The average molecular weight is 666 g/mol. The minimum absolute atomic E-state index is 0.617. The van der Waals surface area contributed by atoms with E-state index in [0.717, 1.165) is 72.2 Å². The third-order valence-electron chi connectivity index (χ3n) is 9.20. The fourth-order valence-electron chi connectivity index (χ4n) is 6.72. The molecule has 9 aromatic rings. The van der Waals surface area contributed by atoms with Gasteiger partial charge in [0.2, 0.25) is 0 Å². The maximum absolute atomic E-state index is 5.03. The number of nitrogens with zero attached hydrogens (tertiary/aromatic N) is 5. The Balaban J connectivity index is 1.25. The second-order valence-electron chi connectivity index (χ2n) is 12.6. The van der Waals surface area contributed by atoms with Crippen LogP contribution in [-0.4, -0.2) is 24.9 Å². The molecule has 0 spiro atoms. The number of benzene rings is 6. The summed E-state index contributed by atoms with van der Waals surface area (Å²) in [5.74, 6) is 1.88. The standard InChI is InChI=1S/C47H31N5/c1-3-15-33(16-4-1)45-50-46(34-17-5-2-6-18-34)52-47(51-45)36-20-13-19-35(28-36)44-40-21-8-7-14-32(40)24-25-41(44)37-29-38(42-22-9-11-26-48-42)31-39(30-37)43-23-10-12-27-49-43/h1-31H. The van der Waals surface area contributed by atoms with Gasteiger partial charge in [-0.3, -0.25) is 9.97 Å². The quantitative estimate of drug-likeness (QED) is 0.169. The molecule has 0 unspecified atom stereocenters. The third kappa shape index (κ3) is 6.12. The van der Waals surface area contributed by atoms with E-state index in [-0.39, 0.29) is 0 Å². The summed E-state index contributed by atoms with van der Waals surface area (Å²) < 4.78 is 0. The van der Waals surface area contributed by atoms with Gasteiger partial charge in [0.1, 0.15) is 0 Å². The molecule has 0 fully saturated rings.